The van der Waals surface area contributed by atoms with Crippen LogP contribution in [0, 0.1) is 19.3 Å². The summed E-state index contributed by atoms with van der Waals surface area (Å²) in [5, 5.41) is 26.0. The van der Waals surface area contributed by atoms with Crippen LogP contribution in [0.2, 0.25) is 0 Å². The fourth-order valence-corrected chi connectivity index (χ4v) is 1.12. The molecule has 17 heavy (non-hydrogen) atoms. The molecule has 0 aliphatic heterocycles. The van der Waals surface area contributed by atoms with Gasteiger partial charge in [0.1, 0.15) is 0 Å². The van der Waals surface area contributed by atoms with E-state index in [0.29, 0.717) is 6.42 Å². The van der Waals surface area contributed by atoms with Crippen molar-refractivity contribution in [3.05, 3.63) is 35.4 Å². The molecule has 0 heterocycles. The first-order chi connectivity index (χ1) is 8.03. The summed E-state index contributed by atoms with van der Waals surface area (Å²) in [6.45, 7) is 5.55. The summed E-state index contributed by atoms with van der Waals surface area (Å²) in [6, 6.07) is 8.48. The van der Waals surface area contributed by atoms with E-state index < -0.39 is 5.41 Å². The van der Waals surface area contributed by atoms with Gasteiger partial charge in [-0.3, -0.25) is 0 Å². The molecule has 0 aliphatic rings. The molecule has 0 aliphatic carbocycles. The van der Waals surface area contributed by atoms with Gasteiger partial charge in [-0.2, -0.15) is 0 Å². The molecule has 0 radical (unpaired) electrons. The fraction of sp³-hybridized carbons (Fsp3) is 0.571. The van der Waals surface area contributed by atoms with Crippen molar-refractivity contribution in [1.29, 1.82) is 0 Å². The maximum absolute atomic E-state index is 8.66. The Morgan fingerprint density at radius 1 is 0.824 bits per heavy atom. The van der Waals surface area contributed by atoms with Crippen LogP contribution in [-0.4, -0.2) is 35.1 Å². The van der Waals surface area contributed by atoms with Crippen LogP contribution in [0.5, 0.6) is 0 Å². The Bertz CT molecular complexity index is 250. The van der Waals surface area contributed by atoms with E-state index >= 15 is 0 Å². The van der Waals surface area contributed by atoms with Crippen molar-refractivity contribution in [1.82, 2.24) is 0 Å². The van der Waals surface area contributed by atoms with Gasteiger partial charge in [-0.05, 0) is 20.3 Å². The van der Waals surface area contributed by atoms with Gasteiger partial charge < -0.3 is 15.3 Å². The third-order valence-corrected chi connectivity index (χ3v) is 2.97. The van der Waals surface area contributed by atoms with Gasteiger partial charge in [0.15, 0.2) is 0 Å². The van der Waals surface area contributed by atoms with E-state index in [0.717, 1.165) is 0 Å². The second-order valence-electron chi connectivity index (χ2n) is 4.48. The van der Waals surface area contributed by atoms with Crippen molar-refractivity contribution in [3.8, 4) is 0 Å². The Labute approximate surface area is 104 Å². The lowest BCUT2D eigenvalue weighted by molar-refractivity contribution is 0.00304. The van der Waals surface area contributed by atoms with Gasteiger partial charge in [0.2, 0.25) is 0 Å². The van der Waals surface area contributed by atoms with Crippen molar-refractivity contribution in [2.24, 2.45) is 5.41 Å². The molecule has 3 nitrogen and oxygen atoms in total. The Hall–Kier alpha value is -0.900. The first-order valence-corrected chi connectivity index (χ1v) is 5.89. The highest BCUT2D eigenvalue weighted by Crippen LogP contribution is 2.18. The molecule has 1 rings (SSSR count). The quantitative estimate of drug-likeness (QED) is 0.750. The largest absolute Gasteiger partial charge is 0.396 e. The number of aryl methyl sites for hydroxylation is 2. The monoisotopic (exact) mass is 240 g/mol. The van der Waals surface area contributed by atoms with Crippen molar-refractivity contribution in [2.75, 3.05) is 19.8 Å². The fourth-order valence-electron chi connectivity index (χ4n) is 1.12. The second kappa shape index (κ2) is 8.23. The third-order valence-electron chi connectivity index (χ3n) is 2.97. The van der Waals surface area contributed by atoms with Crippen LogP contribution in [0.15, 0.2) is 24.3 Å². The lowest BCUT2D eigenvalue weighted by Gasteiger charge is -2.24. The van der Waals surface area contributed by atoms with Crippen molar-refractivity contribution >= 4 is 0 Å². The van der Waals surface area contributed by atoms with E-state index in [9.17, 15) is 0 Å². The van der Waals surface area contributed by atoms with Crippen molar-refractivity contribution < 1.29 is 15.3 Å². The van der Waals surface area contributed by atoms with Crippen LogP contribution < -0.4 is 0 Å². The average Bonchev–Trinajstić information content (AvgIpc) is 2.37. The third kappa shape index (κ3) is 5.82. The van der Waals surface area contributed by atoms with E-state index in [-0.39, 0.29) is 19.8 Å². The molecule has 0 saturated carbocycles. The molecule has 1 aromatic carbocycles. The maximum Gasteiger partial charge on any atom is 0.0531 e. The minimum atomic E-state index is -0.667. The first kappa shape index (κ1) is 16.1. The molecule has 0 atom stereocenters. The van der Waals surface area contributed by atoms with Gasteiger partial charge >= 0.3 is 0 Å². The normalized spacial score (nSPS) is 10.7. The number of rotatable bonds is 4. The highest BCUT2D eigenvalue weighted by molar-refractivity contribution is 5.19. The van der Waals surface area contributed by atoms with Crippen LogP contribution in [0.4, 0.5) is 0 Å². The van der Waals surface area contributed by atoms with Crippen LogP contribution >= 0.6 is 0 Å². The Morgan fingerprint density at radius 3 is 1.24 bits per heavy atom. The Kier molecular flexibility index (Phi) is 7.79. The zero-order valence-corrected chi connectivity index (χ0v) is 11.0. The molecular weight excluding hydrogens is 216 g/mol. The smallest absolute Gasteiger partial charge is 0.0531 e. The number of hydrogen-bond acceptors (Lipinski definition) is 3. The highest BCUT2D eigenvalue weighted by Gasteiger charge is 2.24. The van der Waals surface area contributed by atoms with Crippen LogP contribution in [0.1, 0.15) is 24.5 Å². The Morgan fingerprint density at radius 2 is 1.12 bits per heavy atom. The van der Waals surface area contributed by atoms with Crippen LogP contribution in [0.3, 0.4) is 0 Å². The van der Waals surface area contributed by atoms with Crippen LogP contribution in [-0.2, 0) is 0 Å². The van der Waals surface area contributed by atoms with Gasteiger partial charge in [-0.15, -0.1) is 0 Å². The van der Waals surface area contributed by atoms with Gasteiger partial charge in [0.25, 0.3) is 0 Å². The first-order valence-electron chi connectivity index (χ1n) is 5.89. The molecule has 0 unspecified atom stereocenters. The molecule has 3 N–H and O–H groups in total. The average molecular weight is 240 g/mol. The van der Waals surface area contributed by atoms with E-state index in [4.69, 9.17) is 15.3 Å². The Balaban J connectivity index is 0.000000302. The van der Waals surface area contributed by atoms with E-state index in [1.165, 1.54) is 11.1 Å². The van der Waals surface area contributed by atoms with E-state index in [1.807, 2.05) is 6.92 Å². The highest BCUT2D eigenvalue weighted by atomic mass is 16.3. The summed E-state index contributed by atoms with van der Waals surface area (Å²) in [5.74, 6) is 0. The number of benzene rings is 1. The molecule has 0 saturated heterocycles. The van der Waals surface area contributed by atoms with Gasteiger partial charge in [0.05, 0.1) is 19.8 Å². The minimum Gasteiger partial charge on any atom is -0.396 e. The summed E-state index contributed by atoms with van der Waals surface area (Å²) in [7, 11) is 0. The number of aliphatic hydroxyl groups excluding tert-OH is 3. The van der Waals surface area contributed by atoms with Gasteiger partial charge in [-0.25, -0.2) is 0 Å². The molecule has 0 fully saturated rings. The van der Waals surface area contributed by atoms with Crippen molar-refractivity contribution in [2.45, 2.75) is 27.2 Å². The molecule has 0 bridgehead atoms. The molecule has 1 aromatic rings. The van der Waals surface area contributed by atoms with E-state index in [1.54, 1.807) is 0 Å². The maximum atomic E-state index is 8.66. The minimum absolute atomic E-state index is 0.156. The zero-order valence-electron chi connectivity index (χ0n) is 11.0. The molecule has 98 valence electrons. The molecular formula is C14H24O3. The summed E-state index contributed by atoms with van der Waals surface area (Å²) in [6.07, 6.45) is 0.594. The standard InChI is InChI=1S/C8H10.C6H14O3/c1-7-3-5-8(2)6-4-7;1-2-6(3-7,4-8)5-9/h3-6H,1-2H3;7-9H,2-5H2,1H3. The predicted octanol–water partition coefficient (Wildman–Crippen LogP) is 1.66. The lowest BCUT2D eigenvalue weighted by atomic mass is 9.88. The van der Waals surface area contributed by atoms with Crippen LogP contribution in [0.25, 0.3) is 0 Å². The number of aliphatic hydroxyl groups is 3. The molecule has 0 amide bonds. The SMILES string of the molecule is CCC(CO)(CO)CO.Cc1ccc(C)cc1. The molecule has 0 aromatic heterocycles. The zero-order chi connectivity index (χ0) is 13.3. The van der Waals surface area contributed by atoms with Gasteiger partial charge in [-0.1, -0.05) is 42.3 Å². The summed E-state index contributed by atoms with van der Waals surface area (Å²) in [5.41, 5.74) is 1.99. The lowest BCUT2D eigenvalue weighted by Crippen LogP contribution is -2.32. The number of hydrogen-bond donors (Lipinski definition) is 3. The molecule has 0 spiro atoms. The second-order valence-corrected chi connectivity index (χ2v) is 4.48. The molecule has 3 heteroatoms. The van der Waals surface area contributed by atoms with Crippen molar-refractivity contribution in [3.63, 3.8) is 0 Å². The predicted molar refractivity (Wildman–Crippen MR) is 69.9 cm³/mol. The summed E-state index contributed by atoms with van der Waals surface area (Å²) >= 11 is 0. The van der Waals surface area contributed by atoms with Gasteiger partial charge in [0, 0.05) is 5.41 Å². The topological polar surface area (TPSA) is 60.7 Å². The van der Waals surface area contributed by atoms with E-state index in [2.05, 4.69) is 38.1 Å². The summed E-state index contributed by atoms with van der Waals surface area (Å²) in [4.78, 5) is 0. The summed E-state index contributed by atoms with van der Waals surface area (Å²) < 4.78 is 0.